The van der Waals surface area contributed by atoms with Gasteiger partial charge in [0.05, 0.1) is 5.52 Å². The van der Waals surface area contributed by atoms with E-state index in [0.29, 0.717) is 10.9 Å². The van der Waals surface area contributed by atoms with Crippen molar-refractivity contribution >= 4 is 29.0 Å². The third kappa shape index (κ3) is 2.06. The van der Waals surface area contributed by atoms with Gasteiger partial charge in [-0.3, -0.25) is 14.6 Å². The minimum absolute atomic E-state index is 0.369. The molecule has 21 heavy (non-hydrogen) atoms. The van der Waals surface area contributed by atoms with Gasteiger partial charge < -0.3 is 5.11 Å². The topological polar surface area (TPSA) is 88.7 Å². The Bertz CT molecular complexity index is 865. The van der Waals surface area contributed by atoms with Crippen molar-refractivity contribution in [1.82, 2.24) is 4.57 Å². The van der Waals surface area contributed by atoms with Crippen LogP contribution in [0.2, 0.25) is 0 Å². The van der Waals surface area contributed by atoms with Gasteiger partial charge in [0.25, 0.3) is 11.5 Å². The first-order valence-electron chi connectivity index (χ1n) is 6.22. The van der Waals surface area contributed by atoms with Crippen LogP contribution in [0.25, 0.3) is 10.9 Å². The zero-order chi connectivity index (χ0) is 15.0. The van der Waals surface area contributed by atoms with E-state index >= 15 is 0 Å². The second-order valence-corrected chi connectivity index (χ2v) is 4.53. The number of para-hydroxylation sites is 1. The third-order valence-electron chi connectivity index (χ3n) is 3.24. The lowest BCUT2D eigenvalue weighted by Gasteiger charge is -2.12. The molecule has 0 saturated carbocycles. The van der Waals surface area contributed by atoms with Crippen LogP contribution in [0.1, 0.15) is 15.2 Å². The normalized spacial score (nSPS) is 16.5. The summed E-state index contributed by atoms with van der Waals surface area (Å²) in [5.41, 5.74) is -0.914. The van der Waals surface area contributed by atoms with Crippen LogP contribution in [0.5, 0.6) is 0 Å². The standard InChI is InChI=1S/C15H10N2O4/c18-13-10(15(20)21)8-9-4-1-2-6-12(9)17(13)14(19)11-5-3-7-16-11/h1-8,11H,(H,20,21). The van der Waals surface area contributed by atoms with Crippen LogP contribution in [0.3, 0.4) is 0 Å². The number of carboxylic acid groups (broad SMARTS) is 1. The molecule has 2 aromatic rings. The number of benzene rings is 1. The van der Waals surface area contributed by atoms with Gasteiger partial charge >= 0.3 is 5.97 Å². The lowest BCUT2D eigenvalue weighted by molar-refractivity contribution is 0.0694. The van der Waals surface area contributed by atoms with E-state index in [1.807, 2.05) is 0 Å². The van der Waals surface area contributed by atoms with Crippen molar-refractivity contribution in [1.29, 1.82) is 0 Å². The van der Waals surface area contributed by atoms with Crippen LogP contribution in [-0.4, -0.2) is 33.8 Å². The van der Waals surface area contributed by atoms with E-state index in [1.54, 1.807) is 36.4 Å². The van der Waals surface area contributed by atoms with Crippen molar-refractivity contribution in [2.75, 3.05) is 0 Å². The number of carbonyl (C=O) groups is 2. The Hall–Kier alpha value is -3.02. The maximum atomic E-state index is 12.5. The van der Waals surface area contributed by atoms with E-state index in [-0.39, 0.29) is 0 Å². The van der Waals surface area contributed by atoms with Crippen LogP contribution in [0.4, 0.5) is 0 Å². The zero-order valence-corrected chi connectivity index (χ0v) is 10.8. The number of carbonyl (C=O) groups excluding carboxylic acids is 1. The maximum Gasteiger partial charge on any atom is 0.341 e. The second-order valence-electron chi connectivity index (χ2n) is 4.53. The maximum absolute atomic E-state index is 12.5. The number of hydrogen-bond donors (Lipinski definition) is 1. The molecule has 1 unspecified atom stereocenters. The number of aromatic nitrogens is 1. The van der Waals surface area contributed by atoms with E-state index < -0.39 is 29.0 Å². The summed E-state index contributed by atoms with van der Waals surface area (Å²) in [6.45, 7) is 0. The van der Waals surface area contributed by atoms with Gasteiger partial charge in [0.2, 0.25) is 0 Å². The van der Waals surface area contributed by atoms with Crippen LogP contribution in [0, 0.1) is 0 Å². The average Bonchev–Trinajstić information content (AvgIpc) is 3.00. The summed E-state index contributed by atoms with van der Waals surface area (Å²) in [7, 11) is 0. The van der Waals surface area contributed by atoms with Crippen molar-refractivity contribution in [2.45, 2.75) is 6.04 Å². The fraction of sp³-hybridized carbons (Fsp3) is 0.0667. The fourth-order valence-corrected chi connectivity index (χ4v) is 2.26. The smallest absolute Gasteiger partial charge is 0.341 e. The first-order valence-corrected chi connectivity index (χ1v) is 6.22. The molecule has 1 aromatic carbocycles. The molecule has 1 aliphatic heterocycles. The molecule has 1 atom stereocenters. The van der Waals surface area contributed by atoms with Gasteiger partial charge in [-0.05, 0) is 29.7 Å². The molecule has 1 N–H and O–H groups in total. The van der Waals surface area contributed by atoms with Gasteiger partial charge in [0.15, 0.2) is 0 Å². The lowest BCUT2D eigenvalue weighted by atomic mass is 10.1. The van der Waals surface area contributed by atoms with Gasteiger partial charge in [-0.15, -0.1) is 0 Å². The Morgan fingerprint density at radius 1 is 1.24 bits per heavy atom. The first kappa shape index (κ1) is 13.0. The molecule has 0 fully saturated rings. The fourth-order valence-electron chi connectivity index (χ4n) is 2.26. The quantitative estimate of drug-likeness (QED) is 0.900. The molecule has 0 amide bonds. The molecule has 0 saturated heterocycles. The van der Waals surface area contributed by atoms with E-state index in [9.17, 15) is 14.4 Å². The molecule has 0 bridgehead atoms. The predicted molar refractivity (Wildman–Crippen MR) is 77.2 cm³/mol. The number of carboxylic acids is 1. The number of hydrogen-bond acceptors (Lipinski definition) is 4. The largest absolute Gasteiger partial charge is 0.477 e. The molecule has 3 rings (SSSR count). The molecule has 6 heteroatoms. The number of rotatable bonds is 2. The van der Waals surface area contributed by atoms with Crippen molar-refractivity contribution in [2.24, 2.45) is 4.99 Å². The summed E-state index contributed by atoms with van der Waals surface area (Å²) in [6.07, 6.45) is 4.63. The average molecular weight is 282 g/mol. The number of nitrogens with zero attached hydrogens (tertiary/aromatic N) is 2. The number of aromatic carboxylic acids is 1. The van der Waals surface area contributed by atoms with Crippen LogP contribution in [0.15, 0.2) is 52.3 Å². The summed E-state index contributed by atoms with van der Waals surface area (Å²) in [5.74, 6) is -1.93. The van der Waals surface area contributed by atoms with Gasteiger partial charge in [0, 0.05) is 6.21 Å². The SMILES string of the molecule is O=C(O)c1cc2ccccc2n(C(=O)C2C=CC=N2)c1=O. The van der Waals surface area contributed by atoms with E-state index in [2.05, 4.69) is 4.99 Å². The van der Waals surface area contributed by atoms with Crippen LogP contribution in [-0.2, 0) is 0 Å². The number of fused-ring (bicyclic) bond motifs is 1. The molecule has 0 spiro atoms. The Balaban J connectivity index is 2.33. The van der Waals surface area contributed by atoms with Gasteiger partial charge in [0.1, 0.15) is 11.6 Å². The summed E-state index contributed by atoms with van der Waals surface area (Å²) < 4.78 is 0.885. The molecule has 2 heterocycles. The highest BCUT2D eigenvalue weighted by atomic mass is 16.4. The summed E-state index contributed by atoms with van der Waals surface area (Å²) in [4.78, 5) is 39.9. The monoisotopic (exact) mass is 282 g/mol. The molecule has 1 aromatic heterocycles. The van der Waals surface area contributed by atoms with Crippen molar-refractivity contribution in [3.05, 3.63) is 58.4 Å². The molecule has 0 radical (unpaired) electrons. The van der Waals surface area contributed by atoms with Crippen molar-refractivity contribution < 1.29 is 14.7 Å². The van der Waals surface area contributed by atoms with Crippen molar-refractivity contribution in [3.63, 3.8) is 0 Å². The summed E-state index contributed by atoms with van der Waals surface area (Å²) in [6, 6.07) is 7.12. The Labute approximate surface area is 118 Å². The number of pyridine rings is 1. The number of aliphatic imine (C=N–C) groups is 1. The van der Waals surface area contributed by atoms with Crippen LogP contribution < -0.4 is 5.56 Å². The highest BCUT2D eigenvalue weighted by molar-refractivity contribution is 6.00. The van der Waals surface area contributed by atoms with Gasteiger partial charge in [-0.2, -0.15) is 0 Å². The minimum atomic E-state index is -1.36. The van der Waals surface area contributed by atoms with E-state index in [4.69, 9.17) is 5.11 Å². The summed E-state index contributed by atoms with van der Waals surface area (Å²) in [5, 5.41) is 9.64. The molecular weight excluding hydrogens is 272 g/mol. The Morgan fingerprint density at radius 3 is 2.67 bits per heavy atom. The predicted octanol–water partition coefficient (Wildman–Crippen LogP) is 1.35. The van der Waals surface area contributed by atoms with E-state index in [0.717, 1.165) is 4.57 Å². The Morgan fingerprint density at radius 2 is 2.00 bits per heavy atom. The molecule has 6 nitrogen and oxygen atoms in total. The van der Waals surface area contributed by atoms with Gasteiger partial charge in [-0.1, -0.05) is 18.2 Å². The van der Waals surface area contributed by atoms with E-state index in [1.165, 1.54) is 12.3 Å². The summed E-state index contributed by atoms with van der Waals surface area (Å²) >= 11 is 0. The highest BCUT2D eigenvalue weighted by Crippen LogP contribution is 2.15. The molecule has 104 valence electrons. The number of allylic oxidation sites excluding steroid dienone is 1. The molecule has 1 aliphatic rings. The van der Waals surface area contributed by atoms with Crippen molar-refractivity contribution in [3.8, 4) is 0 Å². The second kappa shape index (κ2) is 4.82. The molecular formula is C15H10N2O4. The molecule has 0 aliphatic carbocycles. The third-order valence-corrected chi connectivity index (χ3v) is 3.24. The van der Waals surface area contributed by atoms with Gasteiger partial charge in [-0.25, -0.2) is 9.36 Å². The van der Waals surface area contributed by atoms with Crippen LogP contribution >= 0.6 is 0 Å². The zero-order valence-electron chi connectivity index (χ0n) is 10.8. The first-order chi connectivity index (χ1) is 10.1. The highest BCUT2D eigenvalue weighted by Gasteiger charge is 2.24. The Kier molecular flexibility index (Phi) is 2.98. The lowest BCUT2D eigenvalue weighted by Crippen LogP contribution is -2.35. The minimum Gasteiger partial charge on any atom is -0.477 e.